The second kappa shape index (κ2) is 8.09. The summed E-state index contributed by atoms with van der Waals surface area (Å²) in [4.78, 5) is 25.9. The molecule has 3 aliphatic rings. The number of carbonyl (C=O) groups excluding carboxylic acids is 1. The quantitative estimate of drug-likeness (QED) is 0.397. The first-order valence-corrected chi connectivity index (χ1v) is 11.3. The molecule has 0 atom stereocenters. The number of aliphatic imine (C=N–C) groups is 2. The third kappa shape index (κ3) is 4.41. The Morgan fingerprint density at radius 3 is 2.81 bits per heavy atom. The molecule has 1 aliphatic heterocycles. The highest BCUT2D eigenvalue weighted by Crippen LogP contribution is 2.45. The molecule has 2 fully saturated rings. The van der Waals surface area contributed by atoms with E-state index >= 15 is 0 Å². The zero-order valence-corrected chi connectivity index (χ0v) is 18.7. The lowest BCUT2D eigenvalue weighted by molar-refractivity contribution is 0.0976. The topological polar surface area (TPSA) is 117 Å². The van der Waals surface area contributed by atoms with Crippen LogP contribution in [0, 0.1) is 0 Å². The molecule has 0 radical (unpaired) electrons. The van der Waals surface area contributed by atoms with E-state index in [4.69, 9.17) is 17.3 Å². The summed E-state index contributed by atoms with van der Waals surface area (Å²) in [5.41, 5.74) is 9.40. The molecular formula is C23H26ClN7O. The van der Waals surface area contributed by atoms with Gasteiger partial charge in [-0.2, -0.15) is 0 Å². The van der Waals surface area contributed by atoms with Gasteiger partial charge < -0.3 is 16.4 Å². The van der Waals surface area contributed by atoms with E-state index in [1.807, 2.05) is 12.1 Å². The number of rotatable bonds is 6. The maximum atomic E-state index is 12.6. The SMILES string of the molecule is CC1(N=C(N)c2ccnc(Nc3ccc(C(=O)NC4=NCCN4)cc3C3CC3)c2Cl)CC1. The van der Waals surface area contributed by atoms with Crippen molar-refractivity contribution in [3.63, 3.8) is 0 Å². The number of guanidine groups is 1. The van der Waals surface area contributed by atoms with Crippen molar-refractivity contribution < 1.29 is 4.79 Å². The molecule has 2 aromatic rings. The van der Waals surface area contributed by atoms with Crippen LogP contribution >= 0.6 is 11.6 Å². The van der Waals surface area contributed by atoms with Crippen LogP contribution in [-0.2, 0) is 0 Å². The fourth-order valence-electron chi connectivity index (χ4n) is 3.71. The predicted molar refractivity (Wildman–Crippen MR) is 127 cm³/mol. The molecule has 1 aromatic carbocycles. The molecule has 32 heavy (non-hydrogen) atoms. The summed E-state index contributed by atoms with van der Waals surface area (Å²) in [6, 6.07) is 7.42. The molecule has 2 aliphatic carbocycles. The summed E-state index contributed by atoms with van der Waals surface area (Å²) in [7, 11) is 0. The average molecular weight is 452 g/mol. The lowest BCUT2D eigenvalue weighted by atomic mass is 10.0. The van der Waals surface area contributed by atoms with Crippen molar-refractivity contribution in [2.45, 2.75) is 44.1 Å². The summed E-state index contributed by atoms with van der Waals surface area (Å²) in [6.45, 7) is 3.50. The van der Waals surface area contributed by atoms with Crippen molar-refractivity contribution in [1.29, 1.82) is 0 Å². The number of hydrogen-bond donors (Lipinski definition) is 4. The Morgan fingerprint density at radius 1 is 1.31 bits per heavy atom. The summed E-state index contributed by atoms with van der Waals surface area (Å²) in [5, 5.41) is 9.67. The molecule has 166 valence electrons. The zero-order valence-electron chi connectivity index (χ0n) is 17.9. The molecule has 0 spiro atoms. The molecule has 8 nitrogen and oxygen atoms in total. The van der Waals surface area contributed by atoms with Crippen LogP contribution in [0.2, 0.25) is 5.02 Å². The number of nitrogens with zero attached hydrogens (tertiary/aromatic N) is 3. The van der Waals surface area contributed by atoms with E-state index in [1.165, 1.54) is 0 Å². The van der Waals surface area contributed by atoms with E-state index in [1.54, 1.807) is 18.3 Å². The Morgan fingerprint density at radius 2 is 2.12 bits per heavy atom. The van der Waals surface area contributed by atoms with Crippen LogP contribution in [0.3, 0.4) is 0 Å². The van der Waals surface area contributed by atoms with Gasteiger partial charge in [0.25, 0.3) is 5.91 Å². The van der Waals surface area contributed by atoms with Gasteiger partial charge in [-0.25, -0.2) is 4.98 Å². The third-order valence-corrected chi connectivity index (χ3v) is 6.40. The Labute approximate surface area is 191 Å². The van der Waals surface area contributed by atoms with Crippen molar-refractivity contribution in [3.05, 3.63) is 52.2 Å². The van der Waals surface area contributed by atoms with E-state index < -0.39 is 0 Å². The number of nitrogens with two attached hydrogens (primary N) is 1. The lowest BCUT2D eigenvalue weighted by Gasteiger charge is -2.15. The average Bonchev–Trinajstić information content (AvgIpc) is 3.69. The normalized spacial score (nSPS) is 19.2. The van der Waals surface area contributed by atoms with Crippen LogP contribution in [0.15, 0.2) is 40.4 Å². The molecule has 9 heteroatoms. The van der Waals surface area contributed by atoms with Crippen molar-refractivity contribution in [2.75, 3.05) is 18.4 Å². The minimum absolute atomic E-state index is 0.0700. The molecule has 1 aromatic heterocycles. The Hall–Kier alpha value is -3.13. The van der Waals surface area contributed by atoms with Crippen LogP contribution in [0.1, 0.15) is 60.0 Å². The number of aromatic nitrogens is 1. The highest BCUT2D eigenvalue weighted by atomic mass is 35.5. The summed E-state index contributed by atoms with van der Waals surface area (Å²) in [6.07, 6.45) is 5.93. The molecule has 0 unspecified atom stereocenters. The second-order valence-electron chi connectivity index (χ2n) is 8.83. The maximum Gasteiger partial charge on any atom is 0.257 e. The van der Waals surface area contributed by atoms with Gasteiger partial charge in [0, 0.05) is 29.6 Å². The number of pyridine rings is 1. The number of carbonyl (C=O) groups is 1. The number of amides is 1. The van der Waals surface area contributed by atoms with Crippen molar-refractivity contribution in [1.82, 2.24) is 15.6 Å². The summed E-state index contributed by atoms with van der Waals surface area (Å²) < 4.78 is 0. The fraction of sp³-hybridized carbons (Fsp3) is 0.391. The van der Waals surface area contributed by atoms with E-state index in [9.17, 15) is 4.79 Å². The minimum Gasteiger partial charge on any atom is -0.383 e. The van der Waals surface area contributed by atoms with Gasteiger partial charge in [0.2, 0.25) is 0 Å². The second-order valence-corrected chi connectivity index (χ2v) is 9.21. The van der Waals surface area contributed by atoms with Crippen molar-refractivity contribution in [3.8, 4) is 0 Å². The van der Waals surface area contributed by atoms with Gasteiger partial charge in [0.15, 0.2) is 5.96 Å². The van der Waals surface area contributed by atoms with Crippen LogP contribution in [0.25, 0.3) is 0 Å². The molecule has 0 bridgehead atoms. The van der Waals surface area contributed by atoms with E-state index in [0.717, 1.165) is 43.5 Å². The fourth-order valence-corrected chi connectivity index (χ4v) is 3.97. The van der Waals surface area contributed by atoms with E-state index in [2.05, 4.69) is 37.8 Å². The van der Waals surface area contributed by atoms with Gasteiger partial charge in [-0.1, -0.05) is 11.6 Å². The Kier molecular flexibility index (Phi) is 5.25. The first kappa shape index (κ1) is 20.8. The molecule has 2 heterocycles. The predicted octanol–water partition coefficient (Wildman–Crippen LogP) is 3.30. The molecule has 0 saturated heterocycles. The smallest absolute Gasteiger partial charge is 0.257 e. The van der Waals surface area contributed by atoms with Gasteiger partial charge >= 0.3 is 0 Å². The summed E-state index contributed by atoms with van der Waals surface area (Å²) >= 11 is 6.66. The number of hydrogen-bond acceptors (Lipinski definition) is 6. The molecular weight excluding hydrogens is 426 g/mol. The standard InChI is InChI=1S/C23H26ClN7O/c1-23(7-8-23)31-19(25)15-6-9-26-20(18(15)24)29-17-5-4-14(12-16(17)13-2-3-13)21(32)30-22-27-10-11-28-22/h4-6,9,12-13H,2-3,7-8,10-11H2,1H3,(H2,25,31)(H,26,29)(H2,27,28,30,32). The molecule has 5 rings (SSSR count). The van der Waals surface area contributed by atoms with Gasteiger partial charge in [0.1, 0.15) is 11.7 Å². The van der Waals surface area contributed by atoms with Crippen LogP contribution in [0.5, 0.6) is 0 Å². The van der Waals surface area contributed by atoms with Gasteiger partial charge in [-0.05, 0) is 68.4 Å². The van der Waals surface area contributed by atoms with Crippen LogP contribution in [-0.4, -0.2) is 41.3 Å². The highest BCUT2D eigenvalue weighted by molar-refractivity contribution is 6.36. The molecule has 5 N–H and O–H groups in total. The number of halogens is 1. The number of benzene rings is 1. The van der Waals surface area contributed by atoms with Crippen molar-refractivity contribution in [2.24, 2.45) is 15.7 Å². The largest absolute Gasteiger partial charge is 0.383 e. The monoisotopic (exact) mass is 451 g/mol. The molecule has 2 saturated carbocycles. The highest BCUT2D eigenvalue weighted by Gasteiger charge is 2.37. The zero-order chi connectivity index (χ0) is 22.3. The number of amidine groups is 1. The first-order chi connectivity index (χ1) is 15.4. The summed E-state index contributed by atoms with van der Waals surface area (Å²) in [5.74, 6) is 1.71. The third-order valence-electron chi connectivity index (χ3n) is 6.02. The van der Waals surface area contributed by atoms with Crippen LogP contribution < -0.4 is 21.7 Å². The first-order valence-electron chi connectivity index (χ1n) is 10.9. The Balaban J connectivity index is 1.40. The molecule has 1 amide bonds. The Bertz CT molecular complexity index is 1140. The van der Waals surface area contributed by atoms with Gasteiger partial charge in [-0.3, -0.25) is 20.1 Å². The van der Waals surface area contributed by atoms with Gasteiger partial charge in [0.05, 0.1) is 17.1 Å². The number of nitrogens with one attached hydrogen (secondary N) is 3. The van der Waals surface area contributed by atoms with Crippen molar-refractivity contribution >= 4 is 40.8 Å². The minimum atomic E-state index is -0.178. The van der Waals surface area contributed by atoms with Crippen LogP contribution in [0.4, 0.5) is 11.5 Å². The maximum absolute atomic E-state index is 12.6. The van der Waals surface area contributed by atoms with E-state index in [-0.39, 0.29) is 11.4 Å². The van der Waals surface area contributed by atoms with E-state index in [0.29, 0.717) is 46.2 Å². The van der Waals surface area contributed by atoms with Gasteiger partial charge in [-0.15, -0.1) is 0 Å². The number of anilines is 2. The lowest BCUT2D eigenvalue weighted by Crippen LogP contribution is -2.38.